The van der Waals surface area contributed by atoms with Crippen molar-refractivity contribution in [3.05, 3.63) is 48.5 Å². The second-order valence-electron chi connectivity index (χ2n) is 4.26. The van der Waals surface area contributed by atoms with Crippen LogP contribution in [0, 0.1) is 0 Å². The van der Waals surface area contributed by atoms with Crippen LogP contribution in [0.5, 0.6) is 17.2 Å². The van der Waals surface area contributed by atoms with E-state index in [0.29, 0.717) is 29.0 Å². The standard InChI is InChI=1S/C16H16BrNO3/c1-20-14-4-2-3-5-15(14)21-13-8-6-12(7-9-13)18-16(19)10-11-17/h2-9H,10-11H2,1H3,(H,18,19). The van der Waals surface area contributed by atoms with Crippen molar-refractivity contribution >= 4 is 27.5 Å². The van der Waals surface area contributed by atoms with E-state index in [1.807, 2.05) is 24.3 Å². The van der Waals surface area contributed by atoms with Crippen LogP contribution in [0.15, 0.2) is 48.5 Å². The number of benzene rings is 2. The Morgan fingerprint density at radius 2 is 1.76 bits per heavy atom. The van der Waals surface area contributed by atoms with Crippen LogP contribution in [0.1, 0.15) is 6.42 Å². The van der Waals surface area contributed by atoms with Crippen molar-refractivity contribution in [2.24, 2.45) is 0 Å². The molecule has 0 atom stereocenters. The highest BCUT2D eigenvalue weighted by Gasteiger charge is 2.05. The fraction of sp³-hybridized carbons (Fsp3) is 0.188. The van der Waals surface area contributed by atoms with E-state index in [0.717, 1.165) is 5.69 Å². The molecule has 0 saturated heterocycles. The Morgan fingerprint density at radius 1 is 1.10 bits per heavy atom. The Balaban J connectivity index is 2.04. The van der Waals surface area contributed by atoms with Gasteiger partial charge in [-0.15, -0.1) is 0 Å². The number of amides is 1. The number of para-hydroxylation sites is 2. The number of hydrogen-bond donors (Lipinski definition) is 1. The normalized spacial score (nSPS) is 10.0. The molecule has 2 aromatic carbocycles. The maximum Gasteiger partial charge on any atom is 0.225 e. The van der Waals surface area contributed by atoms with Gasteiger partial charge < -0.3 is 14.8 Å². The van der Waals surface area contributed by atoms with Gasteiger partial charge >= 0.3 is 0 Å². The molecule has 0 saturated carbocycles. The van der Waals surface area contributed by atoms with Gasteiger partial charge in [0.2, 0.25) is 5.91 Å². The lowest BCUT2D eigenvalue weighted by Crippen LogP contribution is -2.11. The van der Waals surface area contributed by atoms with Gasteiger partial charge in [-0.1, -0.05) is 28.1 Å². The quantitative estimate of drug-likeness (QED) is 0.794. The van der Waals surface area contributed by atoms with E-state index in [1.165, 1.54) is 0 Å². The summed E-state index contributed by atoms with van der Waals surface area (Å²) in [7, 11) is 1.60. The second kappa shape index (κ2) is 7.69. The third kappa shape index (κ3) is 4.49. The third-order valence-corrected chi connectivity index (χ3v) is 3.15. The van der Waals surface area contributed by atoms with Crippen molar-refractivity contribution in [1.82, 2.24) is 0 Å². The average Bonchev–Trinajstić information content (AvgIpc) is 2.50. The highest BCUT2D eigenvalue weighted by Crippen LogP contribution is 2.31. The zero-order valence-electron chi connectivity index (χ0n) is 11.6. The summed E-state index contributed by atoms with van der Waals surface area (Å²) in [5.41, 5.74) is 0.744. The van der Waals surface area contributed by atoms with Crippen LogP contribution in [-0.4, -0.2) is 18.3 Å². The molecule has 21 heavy (non-hydrogen) atoms. The number of halogens is 1. The summed E-state index contributed by atoms with van der Waals surface area (Å²) >= 11 is 3.23. The number of anilines is 1. The predicted molar refractivity (Wildman–Crippen MR) is 86.6 cm³/mol. The van der Waals surface area contributed by atoms with Crippen LogP contribution in [0.2, 0.25) is 0 Å². The summed E-state index contributed by atoms with van der Waals surface area (Å²) in [6.07, 6.45) is 0.444. The Hall–Kier alpha value is -2.01. The molecule has 2 aromatic rings. The number of nitrogens with one attached hydrogen (secondary N) is 1. The topological polar surface area (TPSA) is 47.6 Å². The zero-order valence-corrected chi connectivity index (χ0v) is 13.2. The van der Waals surface area contributed by atoms with E-state index in [1.54, 1.807) is 31.4 Å². The summed E-state index contributed by atoms with van der Waals surface area (Å²) < 4.78 is 11.0. The maximum atomic E-state index is 11.5. The summed E-state index contributed by atoms with van der Waals surface area (Å²) in [6, 6.07) is 14.6. The van der Waals surface area contributed by atoms with Crippen LogP contribution < -0.4 is 14.8 Å². The molecule has 5 heteroatoms. The number of ether oxygens (including phenoxy) is 2. The van der Waals surface area contributed by atoms with Gasteiger partial charge in [0.25, 0.3) is 0 Å². The van der Waals surface area contributed by atoms with Gasteiger partial charge in [0.05, 0.1) is 7.11 Å². The molecule has 110 valence electrons. The molecule has 0 aromatic heterocycles. The molecule has 0 aliphatic heterocycles. The highest BCUT2D eigenvalue weighted by atomic mass is 79.9. The first kappa shape index (κ1) is 15.4. The van der Waals surface area contributed by atoms with Gasteiger partial charge in [-0.2, -0.15) is 0 Å². The maximum absolute atomic E-state index is 11.5. The van der Waals surface area contributed by atoms with Crippen molar-refractivity contribution in [1.29, 1.82) is 0 Å². The molecule has 0 spiro atoms. The van der Waals surface area contributed by atoms with Gasteiger partial charge in [-0.3, -0.25) is 4.79 Å². The van der Waals surface area contributed by atoms with Crippen LogP contribution >= 0.6 is 15.9 Å². The number of rotatable bonds is 6. The fourth-order valence-electron chi connectivity index (χ4n) is 1.75. The number of methoxy groups -OCH3 is 1. The van der Waals surface area contributed by atoms with Crippen molar-refractivity contribution in [3.63, 3.8) is 0 Å². The first-order valence-corrected chi connectivity index (χ1v) is 7.62. The van der Waals surface area contributed by atoms with E-state index in [2.05, 4.69) is 21.2 Å². The molecule has 0 radical (unpaired) electrons. The molecule has 1 N–H and O–H groups in total. The van der Waals surface area contributed by atoms with Crippen molar-refractivity contribution in [2.45, 2.75) is 6.42 Å². The molecule has 0 aliphatic rings. The van der Waals surface area contributed by atoms with Gasteiger partial charge in [0, 0.05) is 17.4 Å². The monoisotopic (exact) mass is 349 g/mol. The summed E-state index contributed by atoms with van der Waals surface area (Å²) in [5.74, 6) is 1.98. The van der Waals surface area contributed by atoms with Crippen molar-refractivity contribution < 1.29 is 14.3 Å². The minimum Gasteiger partial charge on any atom is -0.493 e. The molecule has 1 amide bonds. The molecule has 0 bridgehead atoms. The molecule has 0 aliphatic carbocycles. The van der Waals surface area contributed by atoms with E-state index in [4.69, 9.17) is 9.47 Å². The lowest BCUT2D eigenvalue weighted by Gasteiger charge is -2.10. The van der Waals surface area contributed by atoms with Crippen LogP contribution in [0.25, 0.3) is 0 Å². The molecule has 2 rings (SSSR count). The highest BCUT2D eigenvalue weighted by molar-refractivity contribution is 9.09. The minimum absolute atomic E-state index is 0.0229. The average molecular weight is 350 g/mol. The van der Waals surface area contributed by atoms with Gasteiger partial charge in [0.15, 0.2) is 11.5 Å². The third-order valence-electron chi connectivity index (χ3n) is 2.76. The summed E-state index contributed by atoms with van der Waals surface area (Å²) in [6.45, 7) is 0. The van der Waals surface area contributed by atoms with Gasteiger partial charge in [0.1, 0.15) is 5.75 Å². The summed E-state index contributed by atoms with van der Waals surface area (Å²) in [5, 5.41) is 3.45. The minimum atomic E-state index is -0.0229. The van der Waals surface area contributed by atoms with Crippen LogP contribution in [0.4, 0.5) is 5.69 Å². The lowest BCUT2D eigenvalue weighted by molar-refractivity contribution is -0.115. The number of carbonyl (C=O) groups is 1. The Morgan fingerprint density at radius 3 is 2.38 bits per heavy atom. The van der Waals surface area contributed by atoms with E-state index in [9.17, 15) is 4.79 Å². The Labute approximate surface area is 132 Å². The van der Waals surface area contributed by atoms with Gasteiger partial charge in [-0.25, -0.2) is 0 Å². The van der Waals surface area contributed by atoms with Crippen LogP contribution in [-0.2, 0) is 4.79 Å². The number of carbonyl (C=O) groups excluding carboxylic acids is 1. The van der Waals surface area contributed by atoms with Crippen LogP contribution in [0.3, 0.4) is 0 Å². The Bertz CT molecular complexity index is 599. The molecule has 0 fully saturated rings. The van der Waals surface area contributed by atoms with E-state index < -0.39 is 0 Å². The molecular formula is C16H16BrNO3. The van der Waals surface area contributed by atoms with E-state index in [-0.39, 0.29) is 5.91 Å². The van der Waals surface area contributed by atoms with E-state index >= 15 is 0 Å². The lowest BCUT2D eigenvalue weighted by atomic mass is 10.3. The smallest absolute Gasteiger partial charge is 0.225 e. The number of hydrogen-bond acceptors (Lipinski definition) is 3. The summed E-state index contributed by atoms with van der Waals surface area (Å²) in [4.78, 5) is 11.5. The number of alkyl halides is 1. The predicted octanol–water partition coefficient (Wildman–Crippen LogP) is 4.21. The molecule has 0 unspecified atom stereocenters. The van der Waals surface area contributed by atoms with Gasteiger partial charge in [-0.05, 0) is 36.4 Å². The van der Waals surface area contributed by atoms with Crippen molar-refractivity contribution in [2.75, 3.05) is 17.8 Å². The second-order valence-corrected chi connectivity index (χ2v) is 5.06. The molecular weight excluding hydrogens is 334 g/mol. The molecule has 4 nitrogen and oxygen atoms in total. The fourth-order valence-corrected chi connectivity index (χ4v) is 2.11. The zero-order chi connectivity index (χ0) is 15.1. The first-order valence-electron chi connectivity index (χ1n) is 6.49. The first-order chi connectivity index (χ1) is 10.2. The largest absolute Gasteiger partial charge is 0.493 e. The Kier molecular flexibility index (Phi) is 5.63. The van der Waals surface area contributed by atoms with Crippen molar-refractivity contribution in [3.8, 4) is 17.2 Å². The SMILES string of the molecule is COc1ccccc1Oc1ccc(NC(=O)CCBr)cc1. The molecule has 0 heterocycles.